The average Bonchev–Trinajstić information content (AvgIpc) is 3.69. The van der Waals surface area contributed by atoms with Crippen LogP contribution >= 0.6 is 0 Å². The van der Waals surface area contributed by atoms with E-state index in [9.17, 15) is 30.0 Å². The summed E-state index contributed by atoms with van der Waals surface area (Å²) in [5.41, 5.74) is 0.716. The van der Waals surface area contributed by atoms with Crippen molar-refractivity contribution >= 4 is 11.6 Å². The van der Waals surface area contributed by atoms with E-state index in [0.29, 0.717) is 30.0 Å². The number of hydrogen-bond donors (Lipinski definition) is 4. The molecule has 0 amide bonds. The number of ether oxygens (including phenoxy) is 1. The number of aromatic nitrogens is 3. The highest BCUT2D eigenvalue weighted by molar-refractivity contribution is 5.99. The van der Waals surface area contributed by atoms with Crippen molar-refractivity contribution in [2.75, 3.05) is 6.61 Å². The number of rotatable bonds is 5. The Labute approximate surface area is 284 Å². The first-order valence-corrected chi connectivity index (χ1v) is 18.4. The highest BCUT2D eigenvalue weighted by Crippen LogP contribution is 2.77. The Hall–Kier alpha value is -1.98. The minimum absolute atomic E-state index is 0.0235. The number of carbonyl (C=O) groups is 2. The van der Waals surface area contributed by atoms with Gasteiger partial charge in [-0.25, -0.2) is 4.68 Å². The fourth-order valence-electron chi connectivity index (χ4n) is 13.4. The summed E-state index contributed by atoms with van der Waals surface area (Å²) in [7, 11) is 0. The van der Waals surface area contributed by atoms with Crippen molar-refractivity contribution in [2.45, 2.75) is 136 Å². The molecule has 266 valence electrons. The van der Waals surface area contributed by atoms with E-state index in [1.165, 1.54) is 10.9 Å². The molecule has 5 saturated carbocycles. The van der Waals surface area contributed by atoms with Gasteiger partial charge in [-0.15, -0.1) is 5.10 Å². The van der Waals surface area contributed by atoms with Crippen LogP contribution in [0.5, 0.6) is 0 Å². The Morgan fingerprint density at radius 3 is 2.35 bits per heavy atom. The van der Waals surface area contributed by atoms with Gasteiger partial charge in [-0.05, 0) is 111 Å². The Balaban J connectivity index is 1.22. The first kappa shape index (κ1) is 34.5. The molecule has 1 saturated heterocycles. The van der Waals surface area contributed by atoms with Crippen LogP contribution in [-0.4, -0.2) is 78.0 Å². The molecule has 4 N–H and O–H groups in total. The highest BCUT2D eigenvalue weighted by atomic mass is 16.6. The van der Waals surface area contributed by atoms with Crippen molar-refractivity contribution in [3.8, 4) is 0 Å². The molecule has 0 aromatic carbocycles. The predicted octanol–water partition coefficient (Wildman–Crippen LogP) is 4.66. The lowest BCUT2D eigenvalue weighted by Gasteiger charge is -2.72. The first-order chi connectivity index (χ1) is 22.5. The van der Waals surface area contributed by atoms with E-state index in [-0.39, 0.29) is 45.0 Å². The zero-order valence-corrected chi connectivity index (χ0v) is 29.7. The Kier molecular flexibility index (Phi) is 8.09. The molecule has 6 fully saturated rings. The zero-order valence-electron chi connectivity index (χ0n) is 29.7. The summed E-state index contributed by atoms with van der Waals surface area (Å²) in [6.45, 7) is 18.0. The topological polar surface area (TPSA) is 155 Å². The molecule has 1 aliphatic heterocycles. The number of aliphatic hydroxyl groups is 4. The molecule has 1 aromatic heterocycles. The summed E-state index contributed by atoms with van der Waals surface area (Å²) in [5, 5.41) is 49.5. The van der Waals surface area contributed by atoms with Crippen molar-refractivity contribution < 1.29 is 34.8 Å². The van der Waals surface area contributed by atoms with Crippen molar-refractivity contribution in [3.05, 3.63) is 24.0 Å². The lowest BCUT2D eigenvalue weighted by Crippen LogP contribution is -2.66. The van der Waals surface area contributed by atoms with Gasteiger partial charge in [-0.2, -0.15) is 0 Å². The van der Waals surface area contributed by atoms with Gasteiger partial charge < -0.3 is 25.2 Å². The fraction of sp³-hybridized carbons (Fsp3) is 0.842. The quantitative estimate of drug-likeness (QED) is 0.259. The van der Waals surface area contributed by atoms with Crippen LogP contribution in [0, 0.1) is 56.7 Å². The lowest BCUT2D eigenvalue weighted by atomic mass is 9.32. The van der Waals surface area contributed by atoms with Crippen LogP contribution in [0.15, 0.2) is 18.3 Å². The molecule has 7 rings (SSSR count). The minimum Gasteiger partial charge on any atom is -0.394 e. The van der Waals surface area contributed by atoms with Crippen LogP contribution in [0.2, 0.25) is 0 Å². The summed E-state index contributed by atoms with van der Waals surface area (Å²) in [4.78, 5) is 28.0. The minimum atomic E-state index is -1.55. The third-order valence-corrected chi connectivity index (χ3v) is 16.1. The van der Waals surface area contributed by atoms with E-state index < -0.39 is 42.7 Å². The molecule has 0 spiro atoms. The molecule has 14 atom stereocenters. The number of carbonyl (C=O) groups excluding carboxylic acids is 2. The Morgan fingerprint density at radius 2 is 1.67 bits per heavy atom. The standard InChI is InChI=1S/C38H57N3O7/c1-20(2)21-10-15-38(32(47)23-18-41(40-39-23)33-31(46)30(45)29(44)24(19-42)48-33)17-16-36(6)22(28(21)38)8-9-26-35(5)13-12-27(43)34(3,4)25(35)11-14-37(26,36)7/h18,21-22,24-26,28-31,33,42,44-46H,1,8-17,19H2,2-7H3/t21-,22+,24+,25-,26+,28+,29+,30-,31-,33+,35-,36+,37+,38-/m0/s1. The van der Waals surface area contributed by atoms with Gasteiger partial charge >= 0.3 is 0 Å². The summed E-state index contributed by atoms with van der Waals surface area (Å²) in [5.74, 6) is 2.04. The molecule has 10 heteroatoms. The van der Waals surface area contributed by atoms with Crippen molar-refractivity contribution in [2.24, 2.45) is 56.7 Å². The molecule has 48 heavy (non-hydrogen) atoms. The molecule has 0 unspecified atom stereocenters. The Bertz CT molecular complexity index is 1490. The number of hydrogen-bond acceptors (Lipinski definition) is 9. The third kappa shape index (κ3) is 4.40. The number of nitrogens with zero attached hydrogens (tertiary/aromatic N) is 3. The van der Waals surface area contributed by atoms with Crippen LogP contribution in [-0.2, 0) is 9.53 Å². The second-order valence-electron chi connectivity index (χ2n) is 18.1. The van der Waals surface area contributed by atoms with E-state index in [0.717, 1.165) is 63.4 Å². The fourth-order valence-corrected chi connectivity index (χ4v) is 13.4. The maximum atomic E-state index is 14.9. The molecule has 1 aromatic rings. The van der Waals surface area contributed by atoms with Crippen LogP contribution in [0.25, 0.3) is 0 Å². The highest BCUT2D eigenvalue weighted by Gasteiger charge is 2.72. The molecule has 0 bridgehead atoms. The van der Waals surface area contributed by atoms with Gasteiger partial charge in [0.05, 0.1) is 12.8 Å². The van der Waals surface area contributed by atoms with E-state index >= 15 is 0 Å². The van der Waals surface area contributed by atoms with Gasteiger partial charge in [0, 0.05) is 17.3 Å². The molecular formula is C38H57N3O7. The summed E-state index contributed by atoms with van der Waals surface area (Å²) in [6, 6.07) is 0. The van der Waals surface area contributed by atoms with Crippen molar-refractivity contribution in [3.63, 3.8) is 0 Å². The largest absolute Gasteiger partial charge is 0.394 e. The van der Waals surface area contributed by atoms with Crippen LogP contribution in [0.1, 0.15) is 122 Å². The van der Waals surface area contributed by atoms with E-state index in [1.54, 1.807) is 0 Å². The predicted molar refractivity (Wildman–Crippen MR) is 177 cm³/mol. The maximum Gasteiger partial charge on any atom is 0.191 e. The molecule has 10 nitrogen and oxygen atoms in total. The van der Waals surface area contributed by atoms with Crippen LogP contribution in [0.4, 0.5) is 0 Å². The molecule has 0 radical (unpaired) electrons. The number of Topliss-reactive ketones (excluding diaryl/α,β-unsaturated/α-hetero) is 2. The number of allylic oxidation sites excluding steroid dienone is 1. The summed E-state index contributed by atoms with van der Waals surface area (Å²) < 4.78 is 6.94. The number of aliphatic hydroxyl groups excluding tert-OH is 4. The monoisotopic (exact) mass is 667 g/mol. The van der Waals surface area contributed by atoms with Gasteiger partial charge in [-0.1, -0.05) is 52.0 Å². The van der Waals surface area contributed by atoms with Crippen molar-refractivity contribution in [1.29, 1.82) is 0 Å². The molecule has 5 aliphatic carbocycles. The van der Waals surface area contributed by atoms with Gasteiger partial charge in [0.1, 0.15) is 35.9 Å². The van der Waals surface area contributed by atoms with Crippen LogP contribution < -0.4 is 0 Å². The smallest absolute Gasteiger partial charge is 0.191 e. The second-order valence-corrected chi connectivity index (χ2v) is 18.1. The summed E-state index contributed by atoms with van der Waals surface area (Å²) >= 11 is 0. The van der Waals surface area contributed by atoms with E-state index in [4.69, 9.17) is 4.74 Å². The van der Waals surface area contributed by atoms with Gasteiger partial charge in [0.2, 0.25) is 0 Å². The maximum absolute atomic E-state index is 14.9. The Morgan fingerprint density at radius 1 is 0.938 bits per heavy atom. The van der Waals surface area contributed by atoms with Gasteiger partial charge in [0.15, 0.2) is 12.0 Å². The van der Waals surface area contributed by atoms with E-state index in [2.05, 4.69) is 58.4 Å². The molecule has 2 heterocycles. The summed E-state index contributed by atoms with van der Waals surface area (Å²) in [6.07, 6.45) is 4.07. The normalized spacial score (nSPS) is 49.8. The SMILES string of the molecule is C=C(C)[C@@H]1CC[C@]2(C(=O)c3cn([C@@H]4O[C@H](CO)[C@@H](O)[C@H](O)[C@@H]4O)nn3)CC[C@]3(C)[C@H](CC[C@@H]4[C@@]5(C)CCC(=O)C(C)(C)[C@@H]5CC[C@]43C)[C@@H]12. The van der Waals surface area contributed by atoms with Gasteiger partial charge in [0.25, 0.3) is 0 Å². The molecule has 6 aliphatic rings. The van der Waals surface area contributed by atoms with Crippen molar-refractivity contribution in [1.82, 2.24) is 15.0 Å². The third-order valence-electron chi connectivity index (χ3n) is 16.1. The number of fused-ring (bicyclic) bond motifs is 7. The van der Waals surface area contributed by atoms with Crippen LogP contribution in [0.3, 0.4) is 0 Å². The zero-order chi connectivity index (χ0) is 34.8. The average molecular weight is 668 g/mol. The van der Waals surface area contributed by atoms with E-state index in [1.807, 2.05) is 0 Å². The lowest BCUT2D eigenvalue weighted by molar-refractivity contribution is -0.254. The molecular weight excluding hydrogens is 610 g/mol. The number of ketones is 2. The van der Waals surface area contributed by atoms with Gasteiger partial charge in [-0.3, -0.25) is 9.59 Å². The second kappa shape index (κ2) is 11.3. The first-order valence-electron chi connectivity index (χ1n) is 18.4.